The van der Waals surface area contributed by atoms with Crippen molar-refractivity contribution >= 4 is 45.1 Å². The number of rotatable bonds is 7. The minimum atomic E-state index is -0.0804. The quantitative estimate of drug-likeness (QED) is 0.263. The van der Waals surface area contributed by atoms with E-state index < -0.39 is 0 Å². The van der Waals surface area contributed by atoms with Gasteiger partial charge >= 0.3 is 0 Å². The molecule has 0 aliphatic carbocycles. The van der Waals surface area contributed by atoms with Crippen LogP contribution in [0.3, 0.4) is 0 Å². The number of aromatic nitrogens is 2. The fourth-order valence-electron chi connectivity index (χ4n) is 3.40. The highest BCUT2D eigenvalue weighted by atomic mass is 127. The molecule has 0 fully saturated rings. The van der Waals surface area contributed by atoms with E-state index >= 15 is 0 Å². The van der Waals surface area contributed by atoms with Gasteiger partial charge in [0.25, 0.3) is 5.56 Å². The number of hydrogen-bond donors (Lipinski definition) is 1. The number of nitrogens with zero attached hydrogens (tertiary/aromatic N) is 2. The summed E-state index contributed by atoms with van der Waals surface area (Å²) in [6, 6.07) is 21.0. The Kier molecular flexibility index (Phi) is 6.89. The van der Waals surface area contributed by atoms with Crippen molar-refractivity contribution in [2.45, 2.75) is 13.0 Å². The Balaban J connectivity index is 1.64. The van der Waals surface area contributed by atoms with Gasteiger partial charge in [0.2, 0.25) is 0 Å². The van der Waals surface area contributed by atoms with Crippen LogP contribution in [0.2, 0.25) is 5.02 Å². The second-order valence-corrected chi connectivity index (χ2v) is 8.76. The maximum Gasteiger partial charge on any atom is 0.266 e. The zero-order valence-corrected chi connectivity index (χ0v) is 19.9. The first-order chi connectivity index (χ1) is 15.0. The van der Waals surface area contributed by atoms with E-state index in [1.165, 1.54) is 5.56 Å². The summed E-state index contributed by atoms with van der Waals surface area (Å²) in [5.41, 5.74) is 2.58. The van der Waals surface area contributed by atoms with Gasteiger partial charge in [0.05, 0.1) is 30.2 Å². The standard InChI is InChI=1S/C24H21ClIN3O2/c1-31-20-9-7-19(8-10-20)29-23(15-27-13-12-16-2-4-17(25)5-3-16)28-22-11-6-18(26)14-21(22)24(29)30/h2-11,14,27H,12-13,15H2,1H3. The molecule has 1 N–H and O–H groups in total. The molecule has 0 atom stereocenters. The predicted molar refractivity (Wildman–Crippen MR) is 133 cm³/mol. The first kappa shape index (κ1) is 21.8. The summed E-state index contributed by atoms with van der Waals surface area (Å²) in [5, 5.41) is 4.76. The molecule has 0 saturated heterocycles. The van der Waals surface area contributed by atoms with Gasteiger partial charge in [0.1, 0.15) is 11.6 Å². The molecule has 7 heteroatoms. The summed E-state index contributed by atoms with van der Waals surface area (Å²) in [7, 11) is 1.62. The Hall–Kier alpha value is -2.42. The van der Waals surface area contributed by atoms with E-state index in [-0.39, 0.29) is 5.56 Å². The Labute approximate surface area is 199 Å². The molecule has 0 amide bonds. The molecular formula is C24H21ClIN3O2. The molecular weight excluding hydrogens is 525 g/mol. The molecule has 0 aliphatic heterocycles. The van der Waals surface area contributed by atoms with Gasteiger partial charge in [-0.05, 0) is 95.7 Å². The summed E-state index contributed by atoms with van der Waals surface area (Å²) in [6.07, 6.45) is 0.857. The van der Waals surface area contributed by atoms with Crippen molar-refractivity contribution in [3.8, 4) is 11.4 Å². The SMILES string of the molecule is COc1ccc(-n2c(CNCCc3ccc(Cl)cc3)nc3ccc(I)cc3c2=O)cc1. The number of ether oxygens (including phenoxy) is 1. The topological polar surface area (TPSA) is 56.1 Å². The Bertz CT molecular complexity index is 1260. The summed E-state index contributed by atoms with van der Waals surface area (Å²) < 4.78 is 7.93. The Morgan fingerprint density at radius 1 is 1.06 bits per heavy atom. The van der Waals surface area contributed by atoms with Crippen LogP contribution in [-0.4, -0.2) is 23.2 Å². The van der Waals surface area contributed by atoms with Crippen LogP contribution in [0, 0.1) is 3.57 Å². The monoisotopic (exact) mass is 545 g/mol. The highest BCUT2D eigenvalue weighted by molar-refractivity contribution is 14.1. The van der Waals surface area contributed by atoms with Crippen LogP contribution in [0.5, 0.6) is 5.75 Å². The number of halogens is 2. The summed E-state index contributed by atoms with van der Waals surface area (Å²) in [4.78, 5) is 18.2. The Morgan fingerprint density at radius 2 is 1.81 bits per heavy atom. The molecule has 0 saturated carbocycles. The van der Waals surface area contributed by atoms with Crippen molar-refractivity contribution in [2.24, 2.45) is 0 Å². The van der Waals surface area contributed by atoms with E-state index in [1.54, 1.807) is 11.7 Å². The molecule has 0 unspecified atom stereocenters. The van der Waals surface area contributed by atoms with E-state index in [2.05, 4.69) is 27.9 Å². The summed E-state index contributed by atoms with van der Waals surface area (Å²) >= 11 is 8.17. The van der Waals surface area contributed by atoms with Crippen LogP contribution in [-0.2, 0) is 13.0 Å². The fourth-order valence-corrected chi connectivity index (χ4v) is 4.02. The second-order valence-electron chi connectivity index (χ2n) is 7.08. The number of benzene rings is 3. The lowest BCUT2D eigenvalue weighted by molar-refractivity contribution is 0.414. The minimum absolute atomic E-state index is 0.0804. The van der Waals surface area contributed by atoms with Crippen LogP contribution in [0.4, 0.5) is 0 Å². The zero-order chi connectivity index (χ0) is 21.8. The lowest BCUT2D eigenvalue weighted by atomic mass is 10.1. The average Bonchev–Trinajstić information content (AvgIpc) is 2.79. The number of nitrogens with one attached hydrogen (secondary N) is 1. The maximum absolute atomic E-state index is 13.4. The van der Waals surface area contributed by atoms with Gasteiger partial charge in [-0.1, -0.05) is 23.7 Å². The molecule has 3 aromatic carbocycles. The van der Waals surface area contributed by atoms with E-state index in [0.29, 0.717) is 23.3 Å². The van der Waals surface area contributed by atoms with Crippen LogP contribution in [0.1, 0.15) is 11.4 Å². The number of hydrogen-bond acceptors (Lipinski definition) is 4. The van der Waals surface area contributed by atoms with Crippen LogP contribution in [0.25, 0.3) is 16.6 Å². The third-order valence-corrected chi connectivity index (χ3v) is 5.94. The van der Waals surface area contributed by atoms with E-state index in [4.69, 9.17) is 21.3 Å². The molecule has 31 heavy (non-hydrogen) atoms. The van der Waals surface area contributed by atoms with Crippen LogP contribution in [0.15, 0.2) is 71.5 Å². The zero-order valence-electron chi connectivity index (χ0n) is 16.9. The smallest absolute Gasteiger partial charge is 0.266 e. The Morgan fingerprint density at radius 3 is 2.52 bits per heavy atom. The molecule has 4 rings (SSSR count). The molecule has 1 heterocycles. The average molecular weight is 546 g/mol. The van der Waals surface area contributed by atoms with E-state index in [0.717, 1.165) is 33.0 Å². The largest absolute Gasteiger partial charge is 0.497 e. The van der Waals surface area contributed by atoms with Crippen molar-refractivity contribution in [3.63, 3.8) is 0 Å². The molecule has 1 aromatic heterocycles. The van der Waals surface area contributed by atoms with Crippen LogP contribution >= 0.6 is 34.2 Å². The molecule has 158 valence electrons. The molecule has 0 aliphatic rings. The fraction of sp³-hybridized carbons (Fsp3) is 0.167. The summed E-state index contributed by atoms with van der Waals surface area (Å²) in [6.45, 7) is 1.22. The van der Waals surface area contributed by atoms with Crippen molar-refractivity contribution in [1.82, 2.24) is 14.9 Å². The third kappa shape index (κ3) is 5.08. The van der Waals surface area contributed by atoms with Gasteiger partial charge in [0, 0.05) is 8.59 Å². The highest BCUT2D eigenvalue weighted by Crippen LogP contribution is 2.18. The third-order valence-electron chi connectivity index (χ3n) is 5.02. The number of methoxy groups -OCH3 is 1. The predicted octanol–water partition coefficient (Wildman–Crippen LogP) is 4.98. The molecule has 0 radical (unpaired) electrons. The van der Waals surface area contributed by atoms with Crippen molar-refractivity contribution in [3.05, 3.63) is 97.1 Å². The van der Waals surface area contributed by atoms with Crippen molar-refractivity contribution in [1.29, 1.82) is 0 Å². The molecule has 4 aromatic rings. The van der Waals surface area contributed by atoms with E-state index in [9.17, 15) is 4.79 Å². The van der Waals surface area contributed by atoms with Gasteiger partial charge in [-0.3, -0.25) is 9.36 Å². The lowest BCUT2D eigenvalue weighted by Crippen LogP contribution is -2.28. The highest BCUT2D eigenvalue weighted by Gasteiger charge is 2.13. The normalized spacial score (nSPS) is 11.1. The van der Waals surface area contributed by atoms with Gasteiger partial charge < -0.3 is 10.1 Å². The molecule has 0 spiro atoms. The minimum Gasteiger partial charge on any atom is -0.497 e. The first-order valence-corrected chi connectivity index (χ1v) is 11.3. The lowest BCUT2D eigenvalue weighted by Gasteiger charge is -2.15. The van der Waals surface area contributed by atoms with Crippen molar-refractivity contribution in [2.75, 3.05) is 13.7 Å². The summed E-state index contributed by atoms with van der Waals surface area (Å²) in [5.74, 6) is 1.41. The van der Waals surface area contributed by atoms with Gasteiger partial charge in [-0.25, -0.2) is 4.98 Å². The second kappa shape index (κ2) is 9.80. The van der Waals surface area contributed by atoms with E-state index in [1.807, 2.05) is 66.7 Å². The maximum atomic E-state index is 13.4. The van der Waals surface area contributed by atoms with Gasteiger partial charge in [0.15, 0.2) is 0 Å². The number of fused-ring (bicyclic) bond motifs is 1. The van der Waals surface area contributed by atoms with Crippen LogP contribution < -0.4 is 15.6 Å². The first-order valence-electron chi connectivity index (χ1n) is 9.86. The molecule has 0 bridgehead atoms. The molecule has 5 nitrogen and oxygen atoms in total. The van der Waals surface area contributed by atoms with Gasteiger partial charge in [-0.15, -0.1) is 0 Å². The van der Waals surface area contributed by atoms with Crippen molar-refractivity contribution < 1.29 is 4.74 Å². The van der Waals surface area contributed by atoms with Gasteiger partial charge in [-0.2, -0.15) is 0 Å².